The average molecular weight is 200 g/mol. The number of ether oxygens (including phenoxy) is 1. The number of urea groups is 1. The Morgan fingerprint density at radius 2 is 1.93 bits per heavy atom. The van der Waals surface area contributed by atoms with E-state index in [1.54, 1.807) is 19.0 Å². The molecule has 0 bridgehead atoms. The summed E-state index contributed by atoms with van der Waals surface area (Å²) in [6.45, 7) is 4.36. The highest BCUT2D eigenvalue weighted by atomic mass is 16.5. The van der Waals surface area contributed by atoms with Crippen molar-refractivity contribution in [2.24, 2.45) is 0 Å². The van der Waals surface area contributed by atoms with Crippen LogP contribution >= 0.6 is 0 Å². The van der Waals surface area contributed by atoms with Crippen molar-refractivity contribution in [1.29, 1.82) is 0 Å². The standard InChI is InChI=1S/C10H20N2O2/c1-4-12(10(13)11(2)3)9-5-7-14-8-6-9/h9H,4-8H2,1-3H3. The highest BCUT2D eigenvalue weighted by Crippen LogP contribution is 2.15. The van der Waals surface area contributed by atoms with Gasteiger partial charge < -0.3 is 14.5 Å². The zero-order chi connectivity index (χ0) is 10.6. The van der Waals surface area contributed by atoms with Crippen molar-refractivity contribution in [3.63, 3.8) is 0 Å². The lowest BCUT2D eigenvalue weighted by atomic mass is 10.1. The largest absolute Gasteiger partial charge is 0.381 e. The molecule has 1 fully saturated rings. The Morgan fingerprint density at radius 3 is 2.36 bits per heavy atom. The van der Waals surface area contributed by atoms with Crippen LogP contribution in [0.1, 0.15) is 19.8 Å². The minimum Gasteiger partial charge on any atom is -0.381 e. The van der Waals surface area contributed by atoms with Gasteiger partial charge in [-0.3, -0.25) is 0 Å². The Hall–Kier alpha value is -0.770. The average Bonchev–Trinajstić information content (AvgIpc) is 2.20. The molecule has 2 amide bonds. The summed E-state index contributed by atoms with van der Waals surface area (Å²) in [5.41, 5.74) is 0. The molecule has 1 heterocycles. The highest BCUT2D eigenvalue weighted by molar-refractivity contribution is 5.74. The van der Waals surface area contributed by atoms with Crippen molar-refractivity contribution in [3.8, 4) is 0 Å². The van der Waals surface area contributed by atoms with Crippen molar-refractivity contribution in [1.82, 2.24) is 9.80 Å². The Balaban J connectivity index is 2.55. The lowest BCUT2D eigenvalue weighted by Crippen LogP contribution is -2.47. The van der Waals surface area contributed by atoms with Crippen molar-refractivity contribution >= 4 is 6.03 Å². The van der Waals surface area contributed by atoms with Gasteiger partial charge >= 0.3 is 6.03 Å². The number of carbonyl (C=O) groups excluding carboxylic acids is 1. The first-order valence-electron chi connectivity index (χ1n) is 5.22. The van der Waals surface area contributed by atoms with Crippen molar-refractivity contribution in [2.45, 2.75) is 25.8 Å². The van der Waals surface area contributed by atoms with Gasteiger partial charge in [0.05, 0.1) is 0 Å². The van der Waals surface area contributed by atoms with Gasteiger partial charge in [-0.25, -0.2) is 4.79 Å². The Bertz CT molecular complexity index is 189. The maximum absolute atomic E-state index is 11.8. The highest BCUT2D eigenvalue weighted by Gasteiger charge is 2.25. The Labute approximate surface area is 85.8 Å². The van der Waals surface area contributed by atoms with Crippen molar-refractivity contribution in [2.75, 3.05) is 33.9 Å². The Morgan fingerprint density at radius 1 is 1.36 bits per heavy atom. The summed E-state index contributed by atoms with van der Waals surface area (Å²) >= 11 is 0. The summed E-state index contributed by atoms with van der Waals surface area (Å²) < 4.78 is 5.28. The second kappa shape index (κ2) is 5.20. The molecule has 0 N–H and O–H groups in total. The van der Waals surface area contributed by atoms with E-state index in [9.17, 15) is 4.79 Å². The van der Waals surface area contributed by atoms with E-state index in [1.807, 2.05) is 11.8 Å². The maximum Gasteiger partial charge on any atom is 0.319 e. The predicted molar refractivity (Wildman–Crippen MR) is 55.3 cm³/mol. The van der Waals surface area contributed by atoms with Crippen LogP contribution in [0.25, 0.3) is 0 Å². The number of hydrogen-bond donors (Lipinski definition) is 0. The molecule has 0 spiro atoms. The van der Waals surface area contributed by atoms with Crippen molar-refractivity contribution < 1.29 is 9.53 Å². The molecular weight excluding hydrogens is 180 g/mol. The van der Waals surface area contributed by atoms with E-state index in [-0.39, 0.29) is 6.03 Å². The lowest BCUT2D eigenvalue weighted by Gasteiger charge is -2.35. The molecule has 0 saturated carbocycles. The molecule has 4 nitrogen and oxygen atoms in total. The quantitative estimate of drug-likeness (QED) is 0.670. The third-order valence-electron chi connectivity index (χ3n) is 2.60. The van der Waals surface area contributed by atoms with Gasteiger partial charge in [-0.15, -0.1) is 0 Å². The SMILES string of the molecule is CCN(C(=O)N(C)C)C1CCOCC1. The van der Waals surface area contributed by atoms with E-state index in [0.717, 1.165) is 32.6 Å². The van der Waals surface area contributed by atoms with Crippen LogP contribution in [0.5, 0.6) is 0 Å². The van der Waals surface area contributed by atoms with Gasteiger partial charge in [0.25, 0.3) is 0 Å². The molecule has 0 aromatic rings. The molecule has 1 rings (SSSR count). The fourth-order valence-corrected chi connectivity index (χ4v) is 1.80. The van der Waals surface area contributed by atoms with Crippen LogP contribution in [0.3, 0.4) is 0 Å². The van der Waals surface area contributed by atoms with Crippen molar-refractivity contribution in [3.05, 3.63) is 0 Å². The molecule has 0 unspecified atom stereocenters. The fourth-order valence-electron chi connectivity index (χ4n) is 1.80. The first-order chi connectivity index (χ1) is 6.66. The number of hydrogen-bond acceptors (Lipinski definition) is 2. The molecule has 1 aliphatic rings. The molecule has 0 aromatic carbocycles. The molecular formula is C10H20N2O2. The van der Waals surface area contributed by atoms with Gasteiger partial charge in [-0.2, -0.15) is 0 Å². The summed E-state index contributed by atoms with van der Waals surface area (Å²) in [6, 6.07) is 0.475. The van der Waals surface area contributed by atoms with Gasteiger partial charge in [0.2, 0.25) is 0 Å². The molecule has 4 heteroatoms. The van der Waals surface area contributed by atoms with Crippen LogP contribution < -0.4 is 0 Å². The molecule has 1 aliphatic heterocycles. The normalized spacial score (nSPS) is 17.9. The molecule has 1 saturated heterocycles. The topological polar surface area (TPSA) is 32.8 Å². The minimum atomic E-state index is 0.111. The van der Waals surface area contributed by atoms with Crippen LogP contribution in [0.15, 0.2) is 0 Å². The van der Waals surface area contributed by atoms with E-state index in [2.05, 4.69) is 0 Å². The van der Waals surface area contributed by atoms with Crippen LogP contribution in [-0.2, 0) is 4.74 Å². The molecule has 0 radical (unpaired) electrons. The number of carbonyl (C=O) groups is 1. The predicted octanol–water partition coefficient (Wildman–Crippen LogP) is 1.17. The van der Waals surface area contributed by atoms with Crippen LogP contribution in [-0.4, -0.2) is 55.7 Å². The van der Waals surface area contributed by atoms with Gasteiger partial charge in [0.15, 0.2) is 0 Å². The third-order valence-corrected chi connectivity index (χ3v) is 2.60. The zero-order valence-electron chi connectivity index (χ0n) is 9.32. The van der Waals surface area contributed by atoms with E-state index in [0.29, 0.717) is 6.04 Å². The monoisotopic (exact) mass is 200 g/mol. The van der Waals surface area contributed by atoms with E-state index in [4.69, 9.17) is 4.74 Å². The third kappa shape index (κ3) is 2.61. The number of amides is 2. The molecule has 14 heavy (non-hydrogen) atoms. The van der Waals surface area contributed by atoms with E-state index < -0.39 is 0 Å². The molecule has 82 valence electrons. The summed E-state index contributed by atoms with van der Waals surface area (Å²) in [5.74, 6) is 0. The molecule has 0 aliphatic carbocycles. The lowest BCUT2D eigenvalue weighted by molar-refractivity contribution is 0.0430. The fraction of sp³-hybridized carbons (Fsp3) is 0.900. The molecule has 0 aromatic heterocycles. The Kier molecular flexibility index (Phi) is 4.20. The van der Waals surface area contributed by atoms with Crippen LogP contribution in [0.2, 0.25) is 0 Å². The first kappa shape index (κ1) is 11.3. The van der Waals surface area contributed by atoms with E-state index in [1.165, 1.54) is 0 Å². The second-order valence-electron chi connectivity index (χ2n) is 3.81. The summed E-state index contributed by atoms with van der Waals surface area (Å²) in [7, 11) is 3.59. The summed E-state index contributed by atoms with van der Waals surface area (Å²) in [5, 5.41) is 0. The van der Waals surface area contributed by atoms with E-state index >= 15 is 0 Å². The zero-order valence-corrected chi connectivity index (χ0v) is 9.32. The second-order valence-corrected chi connectivity index (χ2v) is 3.81. The summed E-state index contributed by atoms with van der Waals surface area (Å²) in [6.07, 6.45) is 1.93. The smallest absolute Gasteiger partial charge is 0.319 e. The van der Waals surface area contributed by atoms with Crippen LogP contribution in [0.4, 0.5) is 4.79 Å². The van der Waals surface area contributed by atoms with Gasteiger partial charge in [0, 0.05) is 39.9 Å². The number of nitrogens with zero attached hydrogens (tertiary/aromatic N) is 2. The number of rotatable bonds is 2. The van der Waals surface area contributed by atoms with Gasteiger partial charge in [-0.05, 0) is 19.8 Å². The first-order valence-corrected chi connectivity index (χ1v) is 5.22. The molecule has 0 atom stereocenters. The van der Waals surface area contributed by atoms with Gasteiger partial charge in [0.1, 0.15) is 0 Å². The summed E-state index contributed by atoms with van der Waals surface area (Å²) in [4.78, 5) is 15.4. The minimum absolute atomic E-state index is 0.111. The van der Waals surface area contributed by atoms with Crippen LogP contribution in [0, 0.1) is 0 Å². The maximum atomic E-state index is 11.8. The van der Waals surface area contributed by atoms with Gasteiger partial charge in [-0.1, -0.05) is 0 Å².